The van der Waals surface area contributed by atoms with Gasteiger partial charge in [0.25, 0.3) is 0 Å². The van der Waals surface area contributed by atoms with Crippen molar-refractivity contribution < 1.29 is 0 Å². The van der Waals surface area contributed by atoms with Crippen LogP contribution in [0.1, 0.15) is 25.7 Å². The van der Waals surface area contributed by atoms with Crippen molar-refractivity contribution in [1.29, 1.82) is 0 Å². The van der Waals surface area contributed by atoms with Crippen LogP contribution in [0.5, 0.6) is 0 Å². The molecule has 1 aromatic heterocycles. The highest BCUT2D eigenvalue weighted by Crippen LogP contribution is 2.24. The molecule has 2 rings (SSSR count). The Morgan fingerprint density at radius 3 is 3.00 bits per heavy atom. The molecule has 1 aromatic rings. The molecule has 0 spiro atoms. The van der Waals surface area contributed by atoms with Gasteiger partial charge in [0.15, 0.2) is 0 Å². The van der Waals surface area contributed by atoms with Gasteiger partial charge < -0.3 is 11.1 Å². The van der Waals surface area contributed by atoms with Gasteiger partial charge in [-0.25, -0.2) is 9.97 Å². The van der Waals surface area contributed by atoms with Crippen molar-refractivity contribution in [3.63, 3.8) is 0 Å². The second kappa shape index (κ2) is 5.59. The Morgan fingerprint density at radius 2 is 2.25 bits per heavy atom. The first-order valence-electron chi connectivity index (χ1n) is 5.72. The molecule has 0 bridgehead atoms. The maximum Gasteiger partial charge on any atom is 0.143 e. The van der Waals surface area contributed by atoms with Crippen LogP contribution in [0.2, 0.25) is 0 Å². The van der Waals surface area contributed by atoms with E-state index in [1.54, 1.807) is 12.5 Å². The molecule has 0 saturated heterocycles. The largest absolute Gasteiger partial charge is 0.369 e. The zero-order valence-corrected chi connectivity index (χ0v) is 10.8. The molecule has 4 nitrogen and oxygen atoms in total. The molecule has 0 radical (unpaired) electrons. The van der Waals surface area contributed by atoms with Gasteiger partial charge in [-0.05, 0) is 34.7 Å². The summed E-state index contributed by atoms with van der Waals surface area (Å²) in [5.41, 5.74) is 6.10. The normalized spacial score (nSPS) is 25.4. The molecule has 0 amide bonds. The lowest BCUT2D eigenvalue weighted by Crippen LogP contribution is -2.37. The molecule has 88 valence electrons. The lowest BCUT2D eigenvalue weighted by Gasteiger charge is -2.28. The minimum Gasteiger partial charge on any atom is -0.369 e. The van der Waals surface area contributed by atoms with Crippen molar-refractivity contribution >= 4 is 21.7 Å². The van der Waals surface area contributed by atoms with Crippen molar-refractivity contribution in [3.05, 3.63) is 17.0 Å². The first kappa shape index (κ1) is 11.8. The molecular weight excluding hydrogens is 268 g/mol. The lowest BCUT2D eigenvalue weighted by atomic mass is 9.85. The van der Waals surface area contributed by atoms with E-state index in [1.165, 1.54) is 19.3 Å². The maximum absolute atomic E-state index is 6.10. The summed E-state index contributed by atoms with van der Waals surface area (Å²) in [6.07, 6.45) is 8.23. The number of hydrogen-bond donors (Lipinski definition) is 2. The zero-order chi connectivity index (χ0) is 11.4. The van der Waals surface area contributed by atoms with E-state index in [9.17, 15) is 0 Å². The van der Waals surface area contributed by atoms with Crippen LogP contribution in [-0.4, -0.2) is 22.6 Å². The van der Waals surface area contributed by atoms with Crippen LogP contribution in [0.15, 0.2) is 17.0 Å². The topological polar surface area (TPSA) is 63.8 Å². The first-order valence-corrected chi connectivity index (χ1v) is 6.51. The highest BCUT2D eigenvalue weighted by atomic mass is 79.9. The van der Waals surface area contributed by atoms with Crippen LogP contribution in [0.3, 0.4) is 0 Å². The summed E-state index contributed by atoms with van der Waals surface area (Å²) in [6, 6.07) is 0.335. The summed E-state index contributed by atoms with van der Waals surface area (Å²) in [5.74, 6) is 1.42. The molecule has 3 N–H and O–H groups in total. The second-order valence-electron chi connectivity index (χ2n) is 4.31. The van der Waals surface area contributed by atoms with Crippen molar-refractivity contribution in [2.45, 2.75) is 31.7 Å². The van der Waals surface area contributed by atoms with Gasteiger partial charge in [0, 0.05) is 18.8 Å². The maximum atomic E-state index is 6.10. The Balaban J connectivity index is 1.89. The monoisotopic (exact) mass is 284 g/mol. The third-order valence-electron chi connectivity index (χ3n) is 3.17. The fourth-order valence-corrected chi connectivity index (χ4v) is 2.52. The van der Waals surface area contributed by atoms with Crippen molar-refractivity contribution in [3.8, 4) is 0 Å². The summed E-state index contributed by atoms with van der Waals surface area (Å²) < 4.78 is 0.902. The number of aromatic nitrogens is 2. The molecule has 16 heavy (non-hydrogen) atoms. The van der Waals surface area contributed by atoms with Crippen LogP contribution < -0.4 is 11.1 Å². The molecule has 1 aliphatic carbocycles. The van der Waals surface area contributed by atoms with Crippen LogP contribution in [0.25, 0.3) is 0 Å². The van der Waals surface area contributed by atoms with E-state index in [4.69, 9.17) is 5.73 Å². The molecule has 1 heterocycles. The first-order chi connectivity index (χ1) is 7.77. The number of nitrogens with two attached hydrogens (primary N) is 1. The number of nitrogens with one attached hydrogen (secondary N) is 1. The van der Waals surface area contributed by atoms with Gasteiger partial charge in [0.05, 0.1) is 4.47 Å². The van der Waals surface area contributed by atoms with E-state index in [0.29, 0.717) is 12.0 Å². The molecule has 1 aliphatic rings. The minimum absolute atomic E-state index is 0.335. The number of halogens is 1. The van der Waals surface area contributed by atoms with E-state index in [1.807, 2.05) is 0 Å². The van der Waals surface area contributed by atoms with Crippen molar-refractivity contribution in [2.24, 2.45) is 11.7 Å². The number of nitrogens with zero attached hydrogens (tertiary/aromatic N) is 2. The average molecular weight is 285 g/mol. The highest BCUT2D eigenvalue weighted by molar-refractivity contribution is 9.10. The van der Waals surface area contributed by atoms with E-state index < -0.39 is 0 Å². The van der Waals surface area contributed by atoms with Gasteiger partial charge in [0.2, 0.25) is 0 Å². The zero-order valence-electron chi connectivity index (χ0n) is 9.19. The molecule has 0 aromatic carbocycles. The molecular formula is C11H17BrN4. The van der Waals surface area contributed by atoms with E-state index >= 15 is 0 Å². The fourth-order valence-electron chi connectivity index (χ4n) is 2.16. The predicted octanol–water partition coefficient (Wildman–Crippen LogP) is 2.17. The Morgan fingerprint density at radius 1 is 1.44 bits per heavy atom. The van der Waals surface area contributed by atoms with E-state index in [-0.39, 0.29) is 0 Å². The average Bonchev–Trinajstić information content (AvgIpc) is 2.30. The van der Waals surface area contributed by atoms with Gasteiger partial charge in [0.1, 0.15) is 12.1 Å². The molecule has 0 aliphatic heterocycles. The third kappa shape index (κ3) is 2.92. The Kier molecular flexibility index (Phi) is 4.12. The fraction of sp³-hybridized carbons (Fsp3) is 0.636. The summed E-state index contributed by atoms with van der Waals surface area (Å²) in [7, 11) is 0. The third-order valence-corrected chi connectivity index (χ3v) is 3.75. The summed E-state index contributed by atoms with van der Waals surface area (Å²) >= 11 is 3.42. The minimum atomic E-state index is 0.335. The Labute approximate surface area is 104 Å². The summed E-state index contributed by atoms with van der Waals surface area (Å²) in [6.45, 7) is 0.900. The number of rotatable bonds is 3. The van der Waals surface area contributed by atoms with Crippen LogP contribution in [0.4, 0.5) is 5.82 Å². The molecule has 1 saturated carbocycles. The van der Waals surface area contributed by atoms with Crippen molar-refractivity contribution in [2.75, 3.05) is 11.9 Å². The number of anilines is 1. The summed E-state index contributed by atoms with van der Waals surface area (Å²) in [4.78, 5) is 8.11. The van der Waals surface area contributed by atoms with Crippen molar-refractivity contribution in [1.82, 2.24) is 9.97 Å². The predicted molar refractivity (Wildman–Crippen MR) is 68.2 cm³/mol. The lowest BCUT2D eigenvalue weighted by molar-refractivity contribution is 0.321. The standard InChI is InChI=1S/C11H17BrN4/c12-9-6-14-7-16-11(9)15-5-8-3-1-2-4-10(8)13/h6-8,10H,1-5,13H2,(H,14,15,16). The molecule has 5 heteroatoms. The van der Waals surface area contributed by atoms with Crippen LogP contribution in [-0.2, 0) is 0 Å². The second-order valence-corrected chi connectivity index (χ2v) is 5.16. The summed E-state index contributed by atoms with van der Waals surface area (Å²) in [5, 5.41) is 3.34. The van der Waals surface area contributed by atoms with E-state index in [0.717, 1.165) is 23.3 Å². The van der Waals surface area contributed by atoms with Crippen LogP contribution in [0, 0.1) is 5.92 Å². The van der Waals surface area contributed by atoms with Gasteiger partial charge >= 0.3 is 0 Å². The molecule has 2 unspecified atom stereocenters. The Hall–Kier alpha value is -0.680. The Bertz CT molecular complexity index is 345. The highest BCUT2D eigenvalue weighted by Gasteiger charge is 2.21. The van der Waals surface area contributed by atoms with Crippen LogP contribution >= 0.6 is 15.9 Å². The SMILES string of the molecule is NC1CCCCC1CNc1ncncc1Br. The van der Waals surface area contributed by atoms with Gasteiger partial charge in [-0.3, -0.25) is 0 Å². The van der Waals surface area contributed by atoms with E-state index in [2.05, 4.69) is 31.2 Å². The molecule has 1 fully saturated rings. The van der Waals surface area contributed by atoms with Gasteiger partial charge in [-0.1, -0.05) is 12.8 Å². The number of hydrogen-bond acceptors (Lipinski definition) is 4. The quantitative estimate of drug-likeness (QED) is 0.893. The van der Waals surface area contributed by atoms with Gasteiger partial charge in [-0.15, -0.1) is 0 Å². The van der Waals surface area contributed by atoms with Gasteiger partial charge in [-0.2, -0.15) is 0 Å². The smallest absolute Gasteiger partial charge is 0.143 e. The molecule has 2 atom stereocenters.